The van der Waals surface area contributed by atoms with Crippen molar-refractivity contribution in [1.82, 2.24) is 5.32 Å². The van der Waals surface area contributed by atoms with Gasteiger partial charge in [-0.3, -0.25) is 4.79 Å². The molecule has 0 aliphatic heterocycles. The zero-order valence-electron chi connectivity index (χ0n) is 8.36. The Morgan fingerprint density at radius 2 is 2.07 bits per heavy atom. The molecule has 1 rings (SSSR count). The molecule has 0 saturated carbocycles. The smallest absolute Gasteiger partial charge is 0.224 e. The molecule has 3 N–H and O–H groups in total. The molecule has 0 radical (unpaired) electrons. The van der Waals surface area contributed by atoms with Crippen LogP contribution in [-0.4, -0.2) is 18.5 Å². The van der Waals surface area contributed by atoms with Gasteiger partial charge < -0.3 is 11.1 Å². The fourth-order valence-corrected chi connectivity index (χ4v) is 1.12. The van der Waals surface area contributed by atoms with Crippen LogP contribution >= 0.6 is 0 Å². The molecule has 0 bridgehead atoms. The predicted octanol–water partition coefficient (Wildman–Crippen LogP) is 0.692. The molecule has 0 saturated heterocycles. The zero-order valence-corrected chi connectivity index (χ0v) is 8.36. The van der Waals surface area contributed by atoms with Crippen molar-refractivity contribution < 1.29 is 4.79 Å². The second-order valence-corrected chi connectivity index (χ2v) is 3.44. The molecule has 0 aromatic heterocycles. The number of carbonyl (C=O) groups excluding carboxylic acids is 1. The topological polar surface area (TPSA) is 55.1 Å². The van der Waals surface area contributed by atoms with Gasteiger partial charge in [0.25, 0.3) is 0 Å². The van der Waals surface area contributed by atoms with Crippen LogP contribution in [0.1, 0.15) is 12.5 Å². The van der Waals surface area contributed by atoms with E-state index in [1.807, 2.05) is 37.3 Å². The molecule has 1 unspecified atom stereocenters. The van der Waals surface area contributed by atoms with Gasteiger partial charge in [0.2, 0.25) is 5.91 Å². The molecule has 3 nitrogen and oxygen atoms in total. The van der Waals surface area contributed by atoms with Crippen LogP contribution in [0.2, 0.25) is 0 Å². The van der Waals surface area contributed by atoms with Crippen molar-refractivity contribution in [2.24, 2.45) is 5.73 Å². The summed E-state index contributed by atoms with van der Waals surface area (Å²) in [5.74, 6) is 0.0218. The van der Waals surface area contributed by atoms with Crippen LogP contribution in [-0.2, 0) is 11.2 Å². The van der Waals surface area contributed by atoms with Gasteiger partial charge in [0, 0.05) is 12.6 Å². The highest BCUT2D eigenvalue weighted by Gasteiger charge is 2.02. The van der Waals surface area contributed by atoms with Crippen LogP contribution in [0.15, 0.2) is 30.3 Å². The molecule has 3 heteroatoms. The van der Waals surface area contributed by atoms with Gasteiger partial charge in [0.1, 0.15) is 0 Å². The number of amides is 1. The lowest BCUT2D eigenvalue weighted by Gasteiger charge is -2.07. The van der Waals surface area contributed by atoms with Gasteiger partial charge in [-0.05, 0) is 12.5 Å². The molecule has 14 heavy (non-hydrogen) atoms. The summed E-state index contributed by atoms with van der Waals surface area (Å²) in [6, 6.07) is 9.66. The predicted molar refractivity (Wildman–Crippen MR) is 56.8 cm³/mol. The number of rotatable bonds is 4. The fourth-order valence-electron chi connectivity index (χ4n) is 1.12. The highest BCUT2D eigenvalue weighted by atomic mass is 16.1. The van der Waals surface area contributed by atoms with Crippen LogP contribution in [0.5, 0.6) is 0 Å². The van der Waals surface area contributed by atoms with Crippen molar-refractivity contribution in [3.8, 4) is 0 Å². The molecular formula is C11H16N2O. The Balaban J connectivity index is 2.35. The summed E-state index contributed by atoms with van der Waals surface area (Å²) in [6.45, 7) is 2.40. The maximum absolute atomic E-state index is 11.4. The van der Waals surface area contributed by atoms with Crippen LogP contribution in [0.4, 0.5) is 0 Å². The first kappa shape index (κ1) is 10.7. The number of nitrogens with two attached hydrogens (primary N) is 1. The summed E-state index contributed by atoms with van der Waals surface area (Å²) in [5.41, 5.74) is 6.54. The van der Waals surface area contributed by atoms with Crippen molar-refractivity contribution in [2.75, 3.05) is 6.54 Å². The minimum Gasteiger partial charge on any atom is -0.354 e. The van der Waals surface area contributed by atoms with E-state index in [0.29, 0.717) is 13.0 Å². The van der Waals surface area contributed by atoms with Crippen molar-refractivity contribution in [2.45, 2.75) is 19.4 Å². The zero-order chi connectivity index (χ0) is 10.4. The van der Waals surface area contributed by atoms with Crippen LogP contribution in [0.25, 0.3) is 0 Å². The van der Waals surface area contributed by atoms with Gasteiger partial charge in [-0.2, -0.15) is 0 Å². The maximum atomic E-state index is 11.4. The maximum Gasteiger partial charge on any atom is 0.224 e. The third-order valence-electron chi connectivity index (χ3n) is 1.83. The SMILES string of the molecule is CC(N)CNC(=O)Cc1ccccc1. The van der Waals surface area contributed by atoms with Crippen LogP contribution < -0.4 is 11.1 Å². The Bertz CT molecular complexity index is 283. The molecule has 1 atom stereocenters. The van der Waals surface area contributed by atoms with Crippen molar-refractivity contribution in [1.29, 1.82) is 0 Å². The molecule has 0 spiro atoms. The first-order chi connectivity index (χ1) is 6.68. The van der Waals surface area contributed by atoms with E-state index in [-0.39, 0.29) is 11.9 Å². The molecular weight excluding hydrogens is 176 g/mol. The van der Waals surface area contributed by atoms with E-state index in [9.17, 15) is 4.79 Å². The monoisotopic (exact) mass is 192 g/mol. The first-order valence-electron chi connectivity index (χ1n) is 4.74. The van der Waals surface area contributed by atoms with Crippen molar-refractivity contribution in [3.05, 3.63) is 35.9 Å². The van der Waals surface area contributed by atoms with Gasteiger partial charge in [0.05, 0.1) is 6.42 Å². The quantitative estimate of drug-likeness (QED) is 0.737. The lowest BCUT2D eigenvalue weighted by molar-refractivity contribution is -0.120. The lowest BCUT2D eigenvalue weighted by atomic mass is 10.1. The molecule has 0 aliphatic carbocycles. The molecule has 0 heterocycles. The van der Waals surface area contributed by atoms with E-state index in [0.717, 1.165) is 5.56 Å². The molecule has 1 aromatic carbocycles. The van der Waals surface area contributed by atoms with E-state index < -0.39 is 0 Å². The van der Waals surface area contributed by atoms with Crippen LogP contribution in [0.3, 0.4) is 0 Å². The highest BCUT2D eigenvalue weighted by molar-refractivity contribution is 5.78. The Morgan fingerprint density at radius 1 is 1.43 bits per heavy atom. The minimum absolute atomic E-state index is 0.00900. The second-order valence-electron chi connectivity index (χ2n) is 3.44. The molecule has 0 fully saturated rings. The molecule has 0 aliphatic rings. The van der Waals surface area contributed by atoms with E-state index in [1.165, 1.54) is 0 Å². The van der Waals surface area contributed by atoms with E-state index in [1.54, 1.807) is 0 Å². The minimum atomic E-state index is 0.00900. The van der Waals surface area contributed by atoms with Crippen LogP contribution in [0, 0.1) is 0 Å². The van der Waals surface area contributed by atoms with E-state index in [2.05, 4.69) is 5.32 Å². The van der Waals surface area contributed by atoms with Gasteiger partial charge in [0.15, 0.2) is 0 Å². The van der Waals surface area contributed by atoms with Gasteiger partial charge in [-0.15, -0.1) is 0 Å². The average Bonchev–Trinajstić information content (AvgIpc) is 2.16. The van der Waals surface area contributed by atoms with E-state index >= 15 is 0 Å². The van der Waals surface area contributed by atoms with Gasteiger partial charge >= 0.3 is 0 Å². The Kier molecular flexibility index (Phi) is 4.13. The summed E-state index contributed by atoms with van der Waals surface area (Å²) in [5, 5.41) is 2.77. The van der Waals surface area contributed by atoms with Gasteiger partial charge in [-0.1, -0.05) is 30.3 Å². The highest BCUT2D eigenvalue weighted by Crippen LogP contribution is 1.98. The number of carbonyl (C=O) groups is 1. The fraction of sp³-hybridized carbons (Fsp3) is 0.364. The van der Waals surface area contributed by atoms with Gasteiger partial charge in [-0.25, -0.2) is 0 Å². The summed E-state index contributed by atoms with van der Waals surface area (Å²) in [4.78, 5) is 11.4. The van der Waals surface area contributed by atoms with Crippen molar-refractivity contribution >= 4 is 5.91 Å². The molecule has 1 amide bonds. The standard InChI is InChI=1S/C11H16N2O/c1-9(12)8-13-11(14)7-10-5-3-2-4-6-10/h2-6,9H,7-8,12H2,1H3,(H,13,14). The first-order valence-corrected chi connectivity index (χ1v) is 4.74. The normalized spacial score (nSPS) is 12.1. The Morgan fingerprint density at radius 3 is 2.64 bits per heavy atom. The third kappa shape index (κ3) is 4.05. The number of benzene rings is 1. The Hall–Kier alpha value is -1.35. The number of hydrogen-bond acceptors (Lipinski definition) is 2. The summed E-state index contributed by atoms with van der Waals surface area (Å²) in [6.07, 6.45) is 0.424. The number of nitrogens with one attached hydrogen (secondary N) is 1. The molecule has 1 aromatic rings. The second kappa shape index (κ2) is 5.40. The third-order valence-corrected chi connectivity index (χ3v) is 1.83. The largest absolute Gasteiger partial charge is 0.354 e. The van der Waals surface area contributed by atoms with Crippen molar-refractivity contribution in [3.63, 3.8) is 0 Å². The summed E-state index contributed by atoms with van der Waals surface area (Å²) < 4.78 is 0. The van der Waals surface area contributed by atoms with E-state index in [4.69, 9.17) is 5.73 Å². The number of hydrogen-bond donors (Lipinski definition) is 2. The lowest BCUT2D eigenvalue weighted by Crippen LogP contribution is -2.35. The molecule has 76 valence electrons. The summed E-state index contributed by atoms with van der Waals surface area (Å²) in [7, 11) is 0. The Labute approximate surface area is 84.3 Å². The average molecular weight is 192 g/mol. The summed E-state index contributed by atoms with van der Waals surface area (Å²) >= 11 is 0.